The Hall–Kier alpha value is -0.893. The van der Waals surface area contributed by atoms with Crippen LogP contribution < -0.4 is 5.19 Å². The first kappa shape index (κ1) is 10.2. The highest BCUT2D eigenvalue weighted by atomic mass is 28.3. The molecule has 0 fully saturated rings. The smallest absolute Gasteiger partial charge is 0.120 e. The molecular weight excluding hydrogens is 176 g/mol. The van der Waals surface area contributed by atoms with Crippen LogP contribution in [0.4, 0.5) is 0 Å². The first-order valence-corrected chi connectivity index (χ1v) is 7.67. The van der Waals surface area contributed by atoms with Gasteiger partial charge < -0.3 is 4.79 Å². The summed E-state index contributed by atoms with van der Waals surface area (Å²) in [5.41, 5.74) is 0.190. The molecule has 0 saturated carbocycles. The van der Waals surface area contributed by atoms with Crippen molar-refractivity contribution in [2.24, 2.45) is 0 Å². The largest absolute Gasteiger partial charge is 0.303 e. The van der Waals surface area contributed by atoms with E-state index in [0.717, 1.165) is 6.29 Å². The summed E-state index contributed by atoms with van der Waals surface area (Å²) in [6.07, 6.45) is 1.08. The standard InChI is InChI=1S/C11H16OSi/c1-10(9-12)13(2,3)11-7-5-4-6-8-11/h4-10H,1-3H3. The maximum absolute atomic E-state index is 10.8. The molecule has 0 spiro atoms. The number of aldehydes is 1. The third-order valence-electron chi connectivity index (χ3n) is 2.86. The van der Waals surface area contributed by atoms with E-state index >= 15 is 0 Å². The number of hydrogen-bond donors (Lipinski definition) is 0. The first-order valence-electron chi connectivity index (χ1n) is 4.60. The molecule has 1 nitrogen and oxygen atoms in total. The summed E-state index contributed by atoms with van der Waals surface area (Å²) in [4.78, 5) is 10.8. The zero-order valence-corrected chi connectivity index (χ0v) is 9.45. The van der Waals surface area contributed by atoms with Crippen LogP contribution in [0, 0.1) is 0 Å². The Kier molecular flexibility index (Phi) is 3.04. The van der Waals surface area contributed by atoms with E-state index in [-0.39, 0.29) is 5.54 Å². The monoisotopic (exact) mass is 192 g/mol. The Morgan fingerprint density at radius 2 is 1.77 bits per heavy atom. The fraction of sp³-hybridized carbons (Fsp3) is 0.364. The van der Waals surface area contributed by atoms with Gasteiger partial charge in [0.2, 0.25) is 0 Å². The lowest BCUT2D eigenvalue weighted by atomic mass is 10.4. The Morgan fingerprint density at radius 3 is 2.23 bits per heavy atom. The van der Waals surface area contributed by atoms with Gasteiger partial charge in [-0.3, -0.25) is 0 Å². The molecular formula is C11H16OSi. The normalized spacial score (nSPS) is 13.8. The topological polar surface area (TPSA) is 17.1 Å². The van der Waals surface area contributed by atoms with E-state index in [1.807, 2.05) is 25.1 Å². The van der Waals surface area contributed by atoms with Crippen LogP contribution in [0.5, 0.6) is 0 Å². The van der Waals surface area contributed by atoms with Crippen molar-refractivity contribution in [3.8, 4) is 0 Å². The highest BCUT2D eigenvalue weighted by Crippen LogP contribution is 2.18. The van der Waals surface area contributed by atoms with Crippen LogP contribution in [0.2, 0.25) is 18.6 Å². The molecule has 0 bridgehead atoms. The lowest BCUT2D eigenvalue weighted by Gasteiger charge is -2.26. The van der Waals surface area contributed by atoms with E-state index in [1.54, 1.807) is 0 Å². The van der Waals surface area contributed by atoms with Gasteiger partial charge in [-0.2, -0.15) is 0 Å². The SMILES string of the molecule is CC(C=O)[Si](C)(C)c1ccccc1. The summed E-state index contributed by atoms with van der Waals surface area (Å²) < 4.78 is 0. The lowest BCUT2D eigenvalue weighted by Crippen LogP contribution is -2.45. The third kappa shape index (κ3) is 2.07. The Bertz CT molecular complexity index is 279. The fourth-order valence-electron chi connectivity index (χ4n) is 1.30. The minimum atomic E-state index is -1.55. The van der Waals surface area contributed by atoms with Crippen LogP contribution in [0.25, 0.3) is 0 Å². The molecule has 0 radical (unpaired) electrons. The van der Waals surface area contributed by atoms with Crippen molar-refractivity contribution in [3.05, 3.63) is 30.3 Å². The number of carbonyl (C=O) groups is 1. The second kappa shape index (κ2) is 3.88. The quantitative estimate of drug-likeness (QED) is 0.530. The summed E-state index contributed by atoms with van der Waals surface area (Å²) in [6, 6.07) is 10.4. The van der Waals surface area contributed by atoms with E-state index < -0.39 is 8.07 Å². The predicted octanol–water partition coefficient (Wildman–Crippen LogP) is 2.19. The van der Waals surface area contributed by atoms with Crippen LogP contribution in [0.15, 0.2) is 30.3 Å². The van der Waals surface area contributed by atoms with Crippen molar-refractivity contribution >= 4 is 19.5 Å². The van der Waals surface area contributed by atoms with Gasteiger partial charge >= 0.3 is 0 Å². The Balaban J connectivity index is 3.00. The molecule has 0 heterocycles. The summed E-state index contributed by atoms with van der Waals surface area (Å²) in [5, 5.41) is 1.36. The minimum absolute atomic E-state index is 0.190. The second-order valence-corrected chi connectivity index (χ2v) is 8.94. The van der Waals surface area contributed by atoms with Crippen LogP contribution >= 0.6 is 0 Å². The van der Waals surface area contributed by atoms with Crippen LogP contribution in [0.1, 0.15) is 6.92 Å². The molecule has 1 atom stereocenters. The van der Waals surface area contributed by atoms with Crippen molar-refractivity contribution < 1.29 is 4.79 Å². The molecule has 1 aromatic rings. The molecule has 13 heavy (non-hydrogen) atoms. The van der Waals surface area contributed by atoms with Gasteiger partial charge in [0.15, 0.2) is 0 Å². The van der Waals surface area contributed by atoms with Crippen molar-refractivity contribution in [2.75, 3.05) is 0 Å². The summed E-state index contributed by atoms with van der Waals surface area (Å²) in [7, 11) is -1.55. The van der Waals surface area contributed by atoms with Gasteiger partial charge in [0.1, 0.15) is 6.29 Å². The van der Waals surface area contributed by atoms with E-state index in [0.29, 0.717) is 0 Å². The van der Waals surface area contributed by atoms with Crippen molar-refractivity contribution in [3.63, 3.8) is 0 Å². The van der Waals surface area contributed by atoms with Gasteiger partial charge in [-0.15, -0.1) is 0 Å². The van der Waals surface area contributed by atoms with Gasteiger partial charge in [-0.05, 0) is 0 Å². The average molecular weight is 192 g/mol. The number of hydrogen-bond acceptors (Lipinski definition) is 1. The highest BCUT2D eigenvalue weighted by molar-refractivity contribution is 6.92. The van der Waals surface area contributed by atoms with Crippen molar-refractivity contribution in [1.82, 2.24) is 0 Å². The molecule has 0 N–H and O–H groups in total. The molecule has 1 aromatic carbocycles. The molecule has 0 aliphatic carbocycles. The molecule has 0 aliphatic heterocycles. The molecule has 1 unspecified atom stereocenters. The predicted molar refractivity (Wildman–Crippen MR) is 59.0 cm³/mol. The fourth-order valence-corrected chi connectivity index (χ4v) is 3.22. The highest BCUT2D eigenvalue weighted by Gasteiger charge is 2.29. The summed E-state index contributed by atoms with van der Waals surface area (Å²) in [6.45, 7) is 6.50. The summed E-state index contributed by atoms with van der Waals surface area (Å²) >= 11 is 0. The van der Waals surface area contributed by atoms with E-state index in [9.17, 15) is 4.79 Å². The van der Waals surface area contributed by atoms with Crippen LogP contribution in [-0.4, -0.2) is 14.4 Å². The van der Waals surface area contributed by atoms with Gasteiger partial charge in [-0.25, -0.2) is 0 Å². The van der Waals surface area contributed by atoms with E-state index in [1.165, 1.54) is 5.19 Å². The Labute approximate surface area is 80.8 Å². The zero-order valence-electron chi connectivity index (χ0n) is 8.45. The van der Waals surface area contributed by atoms with Crippen molar-refractivity contribution in [2.45, 2.75) is 25.6 Å². The molecule has 0 saturated heterocycles. The zero-order chi connectivity index (χ0) is 9.90. The van der Waals surface area contributed by atoms with Crippen molar-refractivity contribution in [1.29, 1.82) is 0 Å². The third-order valence-corrected chi connectivity index (χ3v) is 7.09. The van der Waals surface area contributed by atoms with Gasteiger partial charge in [0.25, 0.3) is 0 Å². The number of benzene rings is 1. The summed E-state index contributed by atoms with van der Waals surface area (Å²) in [5.74, 6) is 0. The molecule has 0 amide bonds. The molecule has 1 rings (SSSR count). The molecule has 70 valence electrons. The van der Waals surface area contributed by atoms with E-state index in [4.69, 9.17) is 0 Å². The number of rotatable bonds is 3. The molecule has 0 aliphatic rings. The Morgan fingerprint density at radius 1 is 1.23 bits per heavy atom. The van der Waals surface area contributed by atoms with E-state index in [2.05, 4.69) is 25.2 Å². The van der Waals surface area contributed by atoms with Crippen LogP contribution in [0.3, 0.4) is 0 Å². The maximum Gasteiger partial charge on any atom is 0.120 e. The molecule has 0 aromatic heterocycles. The number of carbonyl (C=O) groups excluding carboxylic acids is 1. The minimum Gasteiger partial charge on any atom is -0.303 e. The lowest BCUT2D eigenvalue weighted by molar-refractivity contribution is -0.107. The van der Waals surface area contributed by atoms with Crippen LogP contribution in [-0.2, 0) is 4.79 Å². The average Bonchev–Trinajstić information content (AvgIpc) is 2.18. The van der Waals surface area contributed by atoms with Gasteiger partial charge in [-0.1, -0.05) is 55.5 Å². The van der Waals surface area contributed by atoms with Gasteiger partial charge in [0, 0.05) is 5.54 Å². The maximum atomic E-state index is 10.8. The molecule has 2 heteroatoms. The second-order valence-electron chi connectivity index (χ2n) is 4.01. The van der Waals surface area contributed by atoms with Gasteiger partial charge in [0.05, 0.1) is 8.07 Å². The first-order chi connectivity index (χ1) is 6.09.